The summed E-state index contributed by atoms with van der Waals surface area (Å²) in [4.78, 5) is 2.38. The molecule has 2 aromatic rings. The van der Waals surface area contributed by atoms with E-state index in [-0.39, 0.29) is 5.82 Å². The molecule has 1 aliphatic heterocycles. The first kappa shape index (κ1) is 15.4. The number of hydrogen-bond acceptors (Lipinski definition) is 4. The standard InChI is InChI=1S/C15H19ClFN5/c1-10-7-21(11(2)6-18-10)8-13-9-22(20-19-13)15-4-3-12(17)5-14(15)16/h3-5,9-11,18H,6-8H2,1-2H3. The number of nitrogens with one attached hydrogen (secondary N) is 1. The zero-order valence-corrected chi connectivity index (χ0v) is 13.4. The Morgan fingerprint density at radius 3 is 3.00 bits per heavy atom. The number of halogens is 2. The molecule has 0 saturated carbocycles. The Bertz CT molecular complexity index is 659. The van der Waals surface area contributed by atoms with Crippen molar-refractivity contribution in [3.63, 3.8) is 0 Å². The lowest BCUT2D eigenvalue weighted by Gasteiger charge is -2.36. The van der Waals surface area contributed by atoms with Crippen molar-refractivity contribution in [2.45, 2.75) is 32.5 Å². The van der Waals surface area contributed by atoms with Gasteiger partial charge >= 0.3 is 0 Å². The van der Waals surface area contributed by atoms with Crippen LogP contribution >= 0.6 is 11.6 Å². The molecule has 5 nitrogen and oxygen atoms in total. The van der Waals surface area contributed by atoms with Crippen LogP contribution < -0.4 is 5.32 Å². The minimum Gasteiger partial charge on any atom is -0.311 e. The van der Waals surface area contributed by atoms with E-state index in [0.29, 0.717) is 22.8 Å². The maximum absolute atomic E-state index is 13.1. The maximum atomic E-state index is 13.1. The highest BCUT2D eigenvalue weighted by Crippen LogP contribution is 2.21. The second-order valence-corrected chi connectivity index (χ2v) is 6.25. The molecule has 1 aromatic heterocycles. The number of nitrogens with zero attached hydrogens (tertiary/aromatic N) is 4. The van der Waals surface area contributed by atoms with Gasteiger partial charge in [0.05, 0.1) is 22.6 Å². The van der Waals surface area contributed by atoms with Gasteiger partial charge in [0.1, 0.15) is 5.82 Å². The zero-order valence-electron chi connectivity index (χ0n) is 12.6. The first-order valence-corrected chi connectivity index (χ1v) is 7.75. The molecular formula is C15H19ClFN5. The molecule has 0 amide bonds. The molecule has 0 bridgehead atoms. The number of piperazine rings is 1. The number of benzene rings is 1. The first-order chi connectivity index (χ1) is 10.5. The fraction of sp³-hybridized carbons (Fsp3) is 0.467. The topological polar surface area (TPSA) is 46.0 Å². The quantitative estimate of drug-likeness (QED) is 0.941. The normalized spacial score (nSPS) is 22.9. The lowest BCUT2D eigenvalue weighted by Crippen LogP contribution is -2.53. The van der Waals surface area contributed by atoms with Gasteiger partial charge in [-0.05, 0) is 32.0 Å². The first-order valence-electron chi connectivity index (χ1n) is 7.37. The summed E-state index contributed by atoms with van der Waals surface area (Å²) in [5.41, 5.74) is 1.50. The molecule has 2 heterocycles. The molecule has 1 aromatic carbocycles. The summed E-state index contributed by atoms with van der Waals surface area (Å²) in [6.45, 7) is 7.06. The monoisotopic (exact) mass is 323 g/mol. The van der Waals surface area contributed by atoms with Crippen LogP contribution in [0.3, 0.4) is 0 Å². The average molecular weight is 324 g/mol. The van der Waals surface area contributed by atoms with Crippen LogP contribution in [-0.4, -0.2) is 45.1 Å². The van der Waals surface area contributed by atoms with Gasteiger partial charge < -0.3 is 5.32 Å². The molecule has 1 saturated heterocycles. The lowest BCUT2D eigenvalue weighted by atomic mass is 10.1. The van der Waals surface area contributed by atoms with Crippen LogP contribution in [0.5, 0.6) is 0 Å². The summed E-state index contributed by atoms with van der Waals surface area (Å²) in [6.07, 6.45) is 1.85. The molecule has 1 N–H and O–H groups in total. The van der Waals surface area contributed by atoms with Crippen molar-refractivity contribution in [3.8, 4) is 5.69 Å². The van der Waals surface area contributed by atoms with Gasteiger partial charge in [0.25, 0.3) is 0 Å². The second-order valence-electron chi connectivity index (χ2n) is 5.84. The molecule has 0 aliphatic carbocycles. The van der Waals surface area contributed by atoms with Crippen LogP contribution in [0, 0.1) is 5.82 Å². The lowest BCUT2D eigenvalue weighted by molar-refractivity contribution is 0.137. The van der Waals surface area contributed by atoms with E-state index in [1.54, 1.807) is 10.7 Å². The largest absolute Gasteiger partial charge is 0.311 e. The van der Waals surface area contributed by atoms with Gasteiger partial charge in [-0.25, -0.2) is 9.07 Å². The maximum Gasteiger partial charge on any atom is 0.124 e. The van der Waals surface area contributed by atoms with Gasteiger partial charge in [0.2, 0.25) is 0 Å². The molecule has 2 atom stereocenters. The third kappa shape index (κ3) is 3.29. The van der Waals surface area contributed by atoms with Gasteiger partial charge in [-0.1, -0.05) is 16.8 Å². The van der Waals surface area contributed by atoms with E-state index in [2.05, 4.69) is 34.4 Å². The molecule has 0 radical (unpaired) electrons. The molecule has 0 spiro atoms. The molecule has 22 heavy (non-hydrogen) atoms. The van der Waals surface area contributed by atoms with Crippen molar-refractivity contribution >= 4 is 11.6 Å². The average Bonchev–Trinajstić information content (AvgIpc) is 2.91. The SMILES string of the molecule is CC1CN(Cc2cn(-c3ccc(F)cc3Cl)nn2)C(C)CN1. The van der Waals surface area contributed by atoms with Gasteiger partial charge in [-0.2, -0.15) is 0 Å². The van der Waals surface area contributed by atoms with E-state index in [4.69, 9.17) is 11.6 Å². The van der Waals surface area contributed by atoms with Crippen LogP contribution in [0.4, 0.5) is 4.39 Å². The fourth-order valence-electron chi connectivity index (χ4n) is 2.68. The molecule has 118 valence electrons. The highest BCUT2D eigenvalue weighted by molar-refractivity contribution is 6.32. The van der Waals surface area contributed by atoms with E-state index in [1.165, 1.54) is 12.1 Å². The van der Waals surface area contributed by atoms with Gasteiger partial charge in [-0.3, -0.25) is 4.90 Å². The Morgan fingerprint density at radius 1 is 1.41 bits per heavy atom. The summed E-state index contributed by atoms with van der Waals surface area (Å²) in [7, 11) is 0. The summed E-state index contributed by atoms with van der Waals surface area (Å²) in [5, 5.41) is 12.1. The van der Waals surface area contributed by atoms with E-state index in [0.717, 1.165) is 25.3 Å². The smallest absolute Gasteiger partial charge is 0.124 e. The van der Waals surface area contributed by atoms with E-state index in [9.17, 15) is 4.39 Å². The van der Waals surface area contributed by atoms with Crippen molar-refractivity contribution in [1.29, 1.82) is 0 Å². The Hall–Kier alpha value is -1.50. The van der Waals surface area contributed by atoms with Crippen molar-refractivity contribution in [3.05, 3.63) is 40.9 Å². The minimum atomic E-state index is -0.363. The second kappa shape index (κ2) is 6.32. The third-order valence-electron chi connectivity index (χ3n) is 3.96. The molecule has 2 unspecified atom stereocenters. The predicted octanol–water partition coefficient (Wildman–Crippen LogP) is 2.24. The number of aromatic nitrogens is 3. The zero-order chi connectivity index (χ0) is 15.7. The summed E-state index contributed by atoms with van der Waals surface area (Å²) >= 11 is 6.06. The molecular weight excluding hydrogens is 305 g/mol. The highest BCUT2D eigenvalue weighted by atomic mass is 35.5. The van der Waals surface area contributed by atoms with Gasteiger partial charge in [-0.15, -0.1) is 5.10 Å². The Balaban J connectivity index is 1.76. The Labute approximate surface area is 134 Å². The summed E-state index contributed by atoms with van der Waals surface area (Å²) in [6, 6.07) is 5.17. The molecule has 1 fully saturated rings. The van der Waals surface area contributed by atoms with E-state index >= 15 is 0 Å². The van der Waals surface area contributed by atoms with Crippen molar-refractivity contribution < 1.29 is 4.39 Å². The summed E-state index contributed by atoms with van der Waals surface area (Å²) in [5.74, 6) is -0.363. The van der Waals surface area contributed by atoms with Crippen LogP contribution in [0.25, 0.3) is 5.69 Å². The molecule has 7 heteroatoms. The third-order valence-corrected chi connectivity index (χ3v) is 4.26. The molecule has 3 rings (SSSR count). The van der Waals surface area contributed by atoms with Gasteiger partial charge in [0.15, 0.2) is 0 Å². The van der Waals surface area contributed by atoms with Crippen molar-refractivity contribution in [2.24, 2.45) is 0 Å². The van der Waals surface area contributed by atoms with Crippen LogP contribution in [-0.2, 0) is 6.54 Å². The van der Waals surface area contributed by atoms with Gasteiger partial charge in [0, 0.05) is 31.7 Å². The number of rotatable bonds is 3. The van der Waals surface area contributed by atoms with Crippen LogP contribution in [0.2, 0.25) is 5.02 Å². The van der Waals surface area contributed by atoms with Crippen molar-refractivity contribution in [1.82, 2.24) is 25.2 Å². The number of hydrogen-bond donors (Lipinski definition) is 1. The Morgan fingerprint density at radius 2 is 2.23 bits per heavy atom. The van der Waals surface area contributed by atoms with E-state index < -0.39 is 0 Å². The minimum absolute atomic E-state index is 0.320. The van der Waals surface area contributed by atoms with Crippen molar-refractivity contribution in [2.75, 3.05) is 13.1 Å². The Kier molecular flexibility index (Phi) is 4.42. The summed E-state index contributed by atoms with van der Waals surface area (Å²) < 4.78 is 14.7. The highest BCUT2D eigenvalue weighted by Gasteiger charge is 2.23. The van der Waals surface area contributed by atoms with E-state index in [1.807, 2.05) is 6.20 Å². The predicted molar refractivity (Wildman–Crippen MR) is 83.7 cm³/mol. The molecule has 1 aliphatic rings. The fourth-order valence-corrected chi connectivity index (χ4v) is 2.94. The van der Waals surface area contributed by atoms with Crippen LogP contribution in [0.15, 0.2) is 24.4 Å². The van der Waals surface area contributed by atoms with Crippen LogP contribution in [0.1, 0.15) is 19.5 Å².